The molecule has 0 radical (unpaired) electrons. The van der Waals surface area contributed by atoms with Crippen molar-refractivity contribution in [1.82, 2.24) is 0 Å². The molecule has 0 saturated heterocycles. The maximum absolute atomic E-state index is 9.77. The summed E-state index contributed by atoms with van der Waals surface area (Å²) in [4.78, 5) is 16.2. The summed E-state index contributed by atoms with van der Waals surface area (Å²) in [5, 5.41) is 0. The van der Waals surface area contributed by atoms with E-state index in [-0.39, 0.29) is 0 Å². The van der Waals surface area contributed by atoms with Crippen molar-refractivity contribution in [2.24, 2.45) is 0 Å². The molecule has 0 aliphatic carbocycles. The van der Waals surface area contributed by atoms with Gasteiger partial charge in [0.05, 0.1) is 0 Å². The first-order chi connectivity index (χ1) is 8.88. The van der Waals surface area contributed by atoms with Crippen molar-refractivity contribution in [1.29, 1.82) is 0 Å². The van der Waals surface area contributed by atoms with E-state index in [1.807, 2.05) is 0 Å². The van der Waals surface area contributed by atoms with Crippen LogP contribution in [0.25, 0.3) is 0 Å². The van der Waals surface area contributed by atoms with Gasteiger partial charge in [0.2, 0.25) is 0 Å². The topological polar surface area (TPSA) is 109 Å². The normalized spacial score (nSPS) is 9.81. The largest absolute Gasteiger partial charge is 0.374 e. The van der Waals surface area contributed by atoms with Gasteiger partial charge in [-0.3, -0.25) is 8.77 Å². The molecular weight excluding hydrogens is 354 g/mol. The lowest BCUT2D eigenvalue weighted by molar-refractivity contribution is 0.492. The lowest BCUT2D eigenvalue weighted by Crippen LogP contribution is -1.86. The van der Waals surface area contributed by atoms with Gasteiger partial charge in [-0.2, -0.15) is 0 Å². The van der Waals surface area contributed by atoms with Gasteiger partial charge in [-0.15, -0.1) is 0 Å². The number of hydrogen-bond donors (Lipinski definition) is 2. The highest BCUT2D eigenvalue weighted by Gasteiger charge is 1.92. The van der Waals surface area contributed by atoms with Gasteiger partial charge in [0.15, 0.2) is 7.37 Å². The molecule has 0 rings (SSSR count). The molecule has 0 atom stereocenters. The van der Waals surface area contributed by atoms with E-state index < -0.39 is 36.2 Å². The van der Waals surface area contributed by atoms with E-state index in [0.717, 1.165) is 12.5 Å². The maximum Gasteiger partial charge on any atom is 0.194 e. The van der Waals surface area contributed by atoms with Crippen LogP contribution in [0.3, 0.4) is 0 Å². The third kappa shape index (κ3) is 15600. The van der Waals surface area contributed by atoms with Gasteiger partial charge in [-0.1, -0.05) is 20.3 Å². The summed E-state index contributed by atoms with van der Waals surface area (Å²) >= 11 is 0. The number of sulfone groups is 1. The molecule has 2 N–H and O–H groups in total. The van der Waals surface area contributed by atoms with Crippen LogP contribution in [0.1, 0.15) is 20.3 Å². The molecule has 6 nitrogen and oxygen atoms in total. The molecule has 0 spiro atoms. The van der Waals surface area contributed by atoms with Gasteiger partial charge in [0, 0.05) is 57.3 Å². The third-order valence-electron chi connectivity index (χ3n) is 0. The molecule has 0 aromatic rings. The van der Waals surface area contributed by atoms with Crippen molar-refractivity contribution in [3.05, 3.63) is 0 Å². The van der Waals surface area contributed by atoms with Crippen molar-refractivity contribution < 1.29 is 27.0 Å². The molecule has 0 bridgehead atoms. The molecule has 0 aliphatic heterocycles. The highest BCUT2D eigenvalue weighted by Crippen LogP contribution is 2.27. The zero-order chi connectivity index (χ0) is 18.9. The molecule has 0 amide bonds. The zero-order valence-corrected chi connectivity index (χ0v) is 18.4. The van der Waals surface area contributed by atoms with E-state index in [0.29, 0.717) is 0 Å². The Morgan fingerprint density at radius 1 is 1.10 bits per heavy atom. The SMILES string of the molecule is CCC.CP(C)(=O)O.CP(C)O.CS(C)(=O)=O.CS(C)=O. The van der Waals surface area contributed by atoms with Gasteiger partial charge < -0.3 is 9.79 Å². The molecule has 0 aliphatic rings. The Morgan fingerprint density at radius 2 is 1.10 bits per heavy atom. The van der Waals surface area contributed by atoms with E-state index in [2.05, 4.69) is 13.8 Å². The van der Waals surface area contributed by atoms with Crippen molar-refractivity contribution in [3.8, 4) is 0 Å². The van der Waals surface area contributed by atoms with E-state index in [1.165, 1.54) is 19.8 Å². The van der Waals surface area contributed by atoms with E-state index in [4.69, 9.17) is 9.79 Å². The average Bonchev–Trinajstić information content (AvgIpc) is 1.92. The molecule has 136 valence electrons. The Morgan fingerprint density at radius 3 is 1.10 bits per heavy atom. The van der Waals surface area contributed by atoms with Crippen LogP contribution in [-0.4, -0.2) is 74.1 Å². The van der Waals surface area contributed by atoms with Crippen LogP contribution >= 0.6 is 15.5 Å². The van der Waals surface area contributed by atoms with Gasteiger partial charge in [-0.25, -0.2) is 8.42 Å². The molecule has 0 unspecified atom stereocenters. The first kappa shape index (κ1) is 33.3. The minimum absolute atomic E-state index is 0.611. The molecule has 0 aromatic heterocycles. The third-order valence-corrected chi connectivity index (χ3v) is 0. The van der Waals surface area contributed by atoms with Crippen molar-refractivity contribution in [3.63, 3.8) is 0 Å². The second-order valence-electron chi connectivity index (χ2n) is 4.73. The fourth-order valence-electron chi connectivity index (χ4n) is 0. The van der Waals surface area contributed by atoms with E-state index in [1.54, 1.807) is 25.8 Å². The van der Waals surface area contributed by atoms with E-state index >= 15 is 0 Å². The minimum atomic E-state index is -2.67. The van der Waals surface area contributed by atoms with Gasteiger partial charge >= 0.3 is 0 Å². The fourth-order valence-corrected chi connectivity index (χ4v) is 0. The van der Waals surface area contributed by atoms with Gasteiger partial charge in [-0.05, 0) is 13.3 Å². The summed E-state index contributed by atoms with van der Waals surface area (Å²) in [5.74, 6) is 0. The predicted octanol–water partition coefficient (Wildman–Crippen LogP) is 2.22. The Kier molecular flexibility index (Phi) is 32.8. The highest BCUT2D eigenvalue weighted by atomic mass is 32.2. The predicted molar refractivity (Wildman–Crippen MR) is 99.4 cm³/mol. The smallest absolute Gasteiger partial charge is 0.194 e. The number of hydrogen-bond acceptors (Lipinski definition) is 5. The average molecular weight is 388 g/mol. The zero-order valence-electron chi connectivity index (χ0n) is 14.9. The van der Waals surface area contributed by atoms with E-state index in [9.17, 15) is 17.2 Å². The Hall–Kier alpha value is 0.680. The summed E-state index contributed by atoms with van der Waals surface area (Å²) in [6.07, 6.45) is 6.85. The maximum atomic E-state index is 9.77. The quantitative estimate of drug-likeness (QED) is 0.616. The fraction of sp³-hybridized carbons (Fsp3) is 1.00. The van der Waals surface area contributed by atoms with Crippen LogP contribution in [-0.2, 0) is 25.2 Å². The van der Waals surface area contributed by atoms with Crippen LogP contribution in [0, 0.1) is 0 Å². The van der Waals surface area contributed by atoms with Gasteiger partial charge in [0.25, 0.3) is 0 Å². The van der Waals surface area contributed by atoms with Crippen LogP contribution < -0.4 is 0 Å². The molecule has 10 heteroatoms. The van der Waals surface area contributed by atoms with Crippen LogP contribution in [0.15, 0.2) is 0 Å². The monoisotopic (exact) mass is 388 g/mol. The van der Waals surface area contributed by atoms with Crippen molar-refractivity contribution >= 4 is 36.2 Å². The van der Waals surface area contributed by atoms with Gasteiger partial charge in [0.1, 0.15) is 9.84 Å². The molecule has 0 heterocycles. The van der Waals surface area contributed by atoms with Crippen LogP contribution in [0.4, 0.5) is 0 Å². The summed E-state index contributed by atoms with van der Waals surface area (Å²) in [6, 6.07) is 0. The Labute approximate surface area is 135 Å². The lowest BCUT2D eigenvalue weighted by atomic mass is 10.6. The molecule has 0 saturated carbocycles. The van der Waals surface area contributed by atoms with Crippen LogP contribution in [0.2, 0.25) is 0 Å². The summed E-state index contributed by atoms with van der Waals surface area (Å²) < 4.78 is 38.6. The molecule has 21 heavy (non-hydrogen) atoms. The molecule has 0 fully saturated rings. The summed E-state index contributed by atoms with van der Waals surface area (Å²) in [5.41, 5.74) is 0. The van der Waals surface area contributed by atoms with Crippen molar-refractivity contribution in [2.75, 3.05) is 51.7 Å². The highest BCUT2D eigenvalue weighted by molar-refractivity contribution is 7.89. The molecule has 0 aromatic carbocycles. The van der Waals surface area contributed by atoms with Crippen LogP contribution in [0.5, 0.6) is 0 Å². The first-order valence-electron chi connectivity index (χ1n) is 5.92. The Bertz CT molecular complexity index is 327. The summed E-state index contributed by atoms with van der Waals surface area (Å²) in [6.45, 7) is 10.4. The van der Waals surface area contributed by atoms with Crippen molar-refractivity contribution in [2.45, 2.75) is 20.3 Å². The minimum Gasteiger partial charge on any atom is -0.374 e. The lowest BCUT2D eigenvalue weighted by Gasteiger charge is -1.86. The number of rotatable bonds is 0. The Balaban J connectivity index is -0.0000000514. The second kappa shape index (κ2) is 20.7. The first-order valence-corrected chi connectivity index (χ1v) is 14.9. The molecular formula is C11H34O6P2S2. The summed E-state index contributed by atoms with van der Waals surface area (Å²) in [7, 11) is -6.54. The standard InChI is InChI=1S/C3H8.C2H7O2P.C2H6O2S.C2H7OP.C2H6OS/c1-3-2;2*1-5(2,3)4;2*1-4(2)3/h3H2,1-2H3;1-2H3,(H,3,4);1-2H3;3H,1-2H3;1-2H3. The second-order valence-corrected chi connectivity index (χ2v) is 12.8.